The minimum atomic E-state index is -6.00. The zero-order chi connectivity index (χ0) is 20.5. The highest BCUT2D eigenvalue weighted by molar-refractivity contribution is 6.50. The van der Waals surface area contributed by atoms with Crippen molar-refractivity contribution in [2.24, 2.45) is 5.41 Å². The van der Waals surface area contributed by atoms with E-state index in [-0.39, 0.29) is 0 Å². The van der Waals surface area contributed by atoms with Gasteiger partial charge in [-0.25, -0.2) is 0 Å². The van der Waals surface area contributed by atoms with E-state index in [4.69, 9.17) is 4.74 Å². The van der Waals surface area contributed by atoms with Gasteiger partial charge in [0, 0.05) is 5.41 Å². The van der Waals surface area contributed by atoms with E-state index in [1.54, 1.807) is 0 Å². The minimum absolute atomic E-state index is 0.618. The fourth-order valence-corrected chi connectivity index (χ4v) is 1.77. The molecule has 0 aromatic heterocycles. The maximum absolute atomic E-state index is 9.75. The first-order valence-electron chi connectivity index (χ1n) is 6.69. The molecule has 0 amide bonds. The molecule has 2 saturated heterocycles. The zero-order valence-electron chi connectivity index (χ0n) is 12.9. The van der Waals surface area contributed by atoms with E-state index in [0.717, 1.165) is 13.2 Å². The molecule has 2 heterocycles. The molecular formula is C8H15B3F12NO-3. The second-order valence-electron chi connectivity index (χ2n) is 5.28. The number of likely N-dealkylation sites (tertiary alicyclic amines) is 1. The molecule has 0 aromatic rings. The Hall–Kier alpha value is -0.725. The Bertz CT molecular complexity index is 299. The first-order chi connectivity index (χ1) is 10.8. The van der Waals surface area contributed by atoms with Crippen molar-refractivity contribution in [2.75, 3.05) is 33.4 Å². The van der Waals surface area contributed by atoms with E-state index >= 15 is 0 Å². The maximum atomic E-state index is 9.75. The van der Waals surface area contributed by atoms with Gasteiger partial charge in [-0.1, -0.05) is 0 Å². The van der Waals surface area contributed by atoms with Crippen LogP contribution in [0.5, 0.6) is 0 Å². The minimum Gasteiger partial charge on any atom is -0.418 e. The third-order valence-electron chi connectivity index (χ3n) is 2.86. The van der Waals surface area contributed by atoms with Crippen LogP contribution in [-0.4, -0.2) is 60.0 Å². The van der Waals surface area contributed by atoms with Crippen LogP contribution >= 0.6 is 0 Å². The van der Waals surface area contributed by atoms with Crippen LogP contribution in [0.25, 0.3) is 0 Å². The molecule has 0 radical (unpaired) electrons. The number of nitrogens with zero attached hydrogens (tertiary/aromatic N) is 1. The summed E-state index contributed by atoms with van der Waals surface area (Å²) in [6, 6.07) is 0. The lowest BCUT2D eigenvalue weighted by Crippen LogP contribution is -2.49. The summed E-state index contributed by atoms with van der Waals surface area (Å²) in [6.07, 6.45) is 2.70. The molecule has 25 heavy (non-hydrogen) atoms. The van der Waals surface area contributed by atoms with E-state index in [1.807, 2.05) is 0 Å². The average molecular weight is 402 g/mol. The molecule has 2 nitrogen and oxygen atoms in total. The lowest BCUT2D eigenvalue weighted by Gasteiger charge is -2.46. The fourth-order valence-electron chi connectivity index (χ4n) is 1.77. The second kappa shape index (κ2) is 10.4. The molecule has 0 saturated carbocycles. The molecule has 2 rings (SSSR count). The summed E-state index contributed by atoms with van der Waals surface area (Å²) in [5.41, 5.74) is 0.618. The normalized spacial score (nSPS) is 20.0. The van der Waals surface area contributed by atoms with Crippen molar-refractivity contribution in [1.82, 2.24) is 4.90 Å². The number of hydrogen-bond donors (Lipinski definition) is 0. The van der Waals surface area contributed by atoms with Crippen LogP contribution in [0.4, 0.5) is 51.8 Å². The van der Waals surface area contributed by atoms with Gasteiger partial charge in [-0.05, 0) is 33.0 Å². The van der Waals surface area contributed by atoms with Gasteiger partial charge in [-0.2, -0.15) is 0 Å². The topological polar surface area (TPSA) is 12.5 Å². The Balaban J connectivity index is 0. The first-order valence-corrected chi connectivity index (χ1v) is 6.69. The summed E-state index contributed by atoms with van der Waals surface area (Å²) in [6.45, 7) is 4.59. The first kappa shape index (κ1) is 26.5. The molecule has 2 aliphatic rings. The lowest BCUT2D eigenvalue weighted by molar-refractivity contribution is -0.137. The van der Waals surface area contributed by atoms with Crippen LogP contribution in [0.3, 0.4) is 0 Å². The highest BCUT2D eigenvalue weighted by Gasteiger charge is 2.40. The smallest absolute Gasteiger partial charge is 0.418 e. The molecule has 0 atom stereocenters. The van der Waals surface area contributed by atoms with Crippen molar-refractivity contribution in [3.05, 3.63) is 0 Å². The van der Waals surface area contributed by atoms with Gasteiger partial charge in [0.1, 0.15) is 0 Å². The Morgan fingerprint density at radius 3 is 1.04 bits per heavy atom. The number of piperidine rings is 1. The van der Waals surface area contributed by atoms with Crippen LogP contribution < -0.4 is 0 Å². The van der Waals surface area contributed by atoms with Gasteiger partial charge in [0.2, 0.25) is 0 Å². The Kier molecular flexibility index (Phi) is 11.1. The number of hydrogen-bond acceptors (Lipinski definition) is 2. The van der Waals surface area contributed by atoms with E-state index in [9.17, 15) is 51.8 Å². The Labute approximate surface area is 136 Å². The fraction of sp³-hybridized carbons (Fsp3) is 1.00. The molecule has 0 bridgehead atoms. The molecule has 154 valence electrons. The van der Waals surface area contributed by atoms with E-state index in [1.165, 1.54) is 25.9 Å². The van der Waals surface area contributed by atoms with Crippen molar-refractivity contribution in [2.45, 2.75) is 12.8 Å². The van der Waals surface area contributed by atoms with Crippen molar-refractivity contribution in [3.8, 4) is 0 Å². The SMILES string of the molecule is CN1CCC2(CC1)COC2.F[B-](F)(F)F.F[B-](F)(F)F.F[B-](F)(F)F. The summed E-state index contributed by atoms with van der Waals surface area (Å²) >= 11 is 0. The van der Waals surface area contributed by atoms with Gasteiger partial charge in [0.05, 0.1) is 13.2 Å². The van der Waals surface area contributed by atoms with E-state index in [2.05, 4.69) is 11.9 Å². The molecule has 0 aromatic carbocycles. The quantitative estimate of drug-likeness (QED) is 0.433. The van der Waals surface area contributed by atoms with Crippen molar-refractivity contribution >= 4 is 21.8 Å². The largest absolute Gasteiger partial charge is 0.673 e. The van der Waals surface area contributed by atoms with Crippen molar-refractivity contribution in [1.29, 1.82) is 0 Å². The summed E-state index contributed by atoms with van der Waals surface area (Å²) in [5.74, 6) is 0. The van der Waals surface area contributed by atoms with Crippen LogP contribution in [-0.2, 0) is 4.74 Å². The monoisotopic (exact) mass is 402 g/mol. The Morgan fingerprint density at radius 1 is 0.640 bits per heavy atom. The van der Waals surface area contributed by atoms with Gasteiger partial charge in [0.25, 0.3) is 0 Å². The number of rotatable bonds is 0. The molecule has 0 unspecified atom stereocenters. The highest BCUT2D eigenvalue weighted by atomic mass is 19.5. The van der Waals surface area contributed by atoms with Crippen molar-refractivity contribution in [3.63, 3.8) is 0 Å². The molecule has 0 aliphatic carbocycles. The van der Waals surface area contributed by atoms with Gasteiger partial charge in [0.15, 0.2) is 0 Å². The highest BCUT2D eigenvalue weighted by Crippen LogP contribution is 2.37. The van der Waals surface area contributed by atoms with Crippen LogP contribution in [0.2, 0.25) is 0 Å². The summed E-state index contributed by atoms with van der Waals surface area (Å²) in [5, 5.41) is 0. The standard InChI is InChI=1S/C8H15NO.3BF4/c1-9-4-2-8(3-5-9)6-10-7-8;3*2-1(3,4)5/h2-7H2,1H3;;;/q;3*-1. The summed E-state index contributed by atoms with van der Waals surface area (Å²) in [4.78, 5) is 2.41. The molecule has 2 fully saturated rings. The number of ether oxygens (including phenoxy) is 1. The predicted molar refractivity (Wildman–Crippen MR) is 70.5 cm³/mol. The van der Waals surface area contributed by atoms with Crippen molar-refractivity contribution < 1.29 is 56.5 Å². The van der Waals surface area contributed by atoms with Gasteiger partial charge < -0.3 is 61.4 Å². The lowest BCUT2D eigenvalue weighted by atomic mass is 9.77. The van der Waals surface area contributed by atoms with E-state index in [0.29, 0.717) is 5.41 Å². The third kappa shape index (κ3) is 28.4. The average Bonchev–Trinajstić information content (AvgIpc) is 2.20. The van der Waals surface area contributed by atoms with Crippen LogP contribution in [0.15, 0.2) is 0 Å². The predicted octanol–water partition coefficient (Wildman–Crippen LogP) is 4.63. The summed E-state index contributed by atoms with van der Waals surface area (Å²) < 4.78 is 122. The molecular weight excluding hydrogens is 387 g/mol. The third-order valence-corrected chi connectivity index (χ3v) is 2.86. The van der Waals surface area contributed by atoms with Crippen LogP contribution in [0, 0.1) is 5.41 Å². The summed E-state index contributed by atoms with van der Waals surface area (Å²) in [7, 11) is -15.8. The molecule has 2 aliphatic heterocycles. The second-order valence-corrected chi connectivity index (χ2v) is 5.28. The molecule has 0 N–H and O–H groups in total. The maximum Gasteiger partial charge on any atom is 0.673 e. The molecule has 1 spiro atoms. The van der Waals surface area contributed by atoms with Gasteiger partial charge in [-0.15, -0.1) is 0 Å². The Morgan fingerprint density at radius 2 is 0.880 bits per heavy atom. The zero-order valence-corrected chi connectivity index (χ0v) is 12.9. The van der Waals surface area contributed by atoms with Gasteiger partial charge in [-0.3, -0.25) is 0 Å². The van der Waals surface area contributed by atoms with Crippen LogP contribution in [0.1, 0.15) is 12.8 Å². The number of halogens is 12. The van der Waals surface area contributed by atoms with E-state index < -0.39 is 21.8 Å². The molecule has 17 heteroatoms. The van der Waals surface area contributed by atoms with Gasteiger partial charge >= 0.3 is 21.8 Å².